The van der Waals surface area contributed by atoms with E-state index in [0.717, 1.165) is 0 Å². The minimum Gasteiger partial charge on any atom is -0.385 e. The Morgan fingerprint density at radius 3 is 2.25 bits per heavy atom. The average molecular weight is 334 g/mol. The van der Waals surface area contributed by atoms with Crippen molar-refractivity contribution in [3.05, 3.63) is 22.8 Å². The molecule has 114 valence electrons. The molecule has 0 aliphatic carbocycles. The molecule has 0 bridgehead atoms. The Labute approximate surface area is 118 Å². The second kappa shape index (κ2) is 6.76. The van der Waals surface area contributed by atoms with Crippen molar-refractivity contribution in [2.24, 2.45) is 0 Å². The van der Waals surface area contributed by atoms with Crippen LogP contribution < -0.4 is 4.52 Å². The van der Waals surface area contributed by atoms with Crippen molar-refractivity contribution in [1.82, 2.24) is 4.98 Å². The third kappa shape index (κ3) is 4.94. The Balaban J connectivity index is 3.07. The summed E-state index contributed by atoms with van der Waals surface area (Å²) in [6.07, 6.45) is -4.63. The van der Waals surface area contributed by atoms with E-state index < -0.39 is 30.6 Å². The molecular weight excluding hydrogens is 322 g/mol. The highest BCUT2D eigenvalue weighted by atomic mass is 35.5. The van der Waals surface area contributed by atoms with Crippen molar-refractivity contribution in [2.45, 2.75) is 20.0 Å². The van der Waals surface area contributed by atoms with Gasteiger partial charge in [-0.15, -0.1) is 0 Å². The molecular formula is C10H12ClF3NO4P. The lowest BCUT2D eigenvalue weighted by molar-refractivity contribution is -0.137. The van der Waals surface area contributed by atoms with E-state index in [4.69, 9.17) is 25.2 Å². The van der Waals surface area contributed by atoms with Gasteiger partial charge in [-0.25, -0.2) is 9.55 Å². The van der Waals surface area contributed by atoms with Gasteiger partial charge in [0.2, 0.25) is 5.88 Å². The van der Waals surface area contributed by atoms with Crippen LogP contribution in [0.1, 0.15) is 19.4 Å². The molecule has 1 aromatic heterocycles. The second-order valence-electron chi connectivity index (χ2n) is 3.39. The maximum absolute atomic E-state index is 12.6. The molecule has 0 spiro atoms. The van der Waals surface area contributed by atoms with Gasteiger partial charge in [0.15, 0.2) is 0 Å². The maximum atomic E-state index is 12.6. The average Bonchev–Trinajstić information content (AvgIpc) is 2.26. The number of hydrogen-bond acceptors (Lipinski definition) is 5. The molecule has 0 unspecified atom stereocenters. The lowest BCUT2D eigenvalue weighted by Crippen LogP contribution is -2.08. The first-order valence-corrected chi connectivity index (χ1v) is 7.37. The number of aromatic nitrogens is 1. The Kier molecular flexibility index (Phi) is 5.82. The van der Waals surface area contributed by atoms with Crippen molar-refractivity contribution in [1.29, 1.82) is 0 Å². The van der Waals surface area contributed by atoms with Gasteiger partial charge in [0, 0.05) is 6.07 Å². The number of halogens is 4. The van der Waals surface area contributed by atoms with E-state index in [1.807, 2.05) is 0 Å². The molecule has 0 amide bonds. The van der Waals surface area contributed by atoms with Crippen LogP contribution >= 0.6 is 19.4 Å². The van der Waals surface area contributed by atoms with Crippen molar-refractivity contribution in [3.8, 4) is 5.88 Å². The van der Waals surface area contributed by atoms with Gasteiger partial charge in [0.05, 0.1) is 18.8 Å². The molecule has 1 rings (SSSR count). The van der Waals surface area contributed by atoms with E-state index in [0.29, 0.717) is 12.1 Å². The van der Waals surface area contributed by atoms with Gasteiger partial charge in [0.25, 0.3) is 0 Å². The van der Waals surface area contributed by atoms with Gasteiger partial charge < -0.3 is 4.52 Å². The first-order chi connectivity index (χ1) is 9.20. The fourth-order valence-corrected chi connectivity index (χ4v) is 2.54. The summed E-state index contributed by atoms with van der Waals surface area (Å²) in [5.41, 5.74) is -1.08. The second-order valence-corrected chi connectivity index (χ2v) is 5.37. The Morgan fingerprint density at radius 2 is 1.80 bits per heavy atom. The highest BCUT2D eigenvalue weighted by molar-refractivity contribution is 7.48. The van der Waals surface area contributed by atoms with Crippen LogP contribution in [0.3, 0.4) is 0 Å². The molecule has 1 aromatic rings. The van der Waals surface area contributed by atoms with E-state index in [2.05, 4.69) is 4.98 Å². The highest BCUT2D eigenvalue weighted by Crippen LogP contribution is 2.49. The molecule has 0 atom stereocenters. The Morgan fingerprint density at radius 1 is 1.25 bits per heavy atom. The maximum Gasteiger partial charge on any atom is 0.531 e. The standard InChI is InChI=1S/C10H12ClF3NO4P/c1-3-17-20(16,18-4-2)19-9-6-7(10(12,13)14)5-8(11)15-9/h5-6H,3-4H2,1-2H3. The van der Waals surface area contributed by atoms with E-state index in [9.17, 15) is 17.7 Å². The molecule has 0 aromatic carbocycles. The van der Waals surface area contributed by atoms with Crippen LogP contribution in [0.4, 0.5) is 13.2 Å². The normalized spacial score (nSPS) is 12.5. The molecule has 10 heteroatoms. The van der Waals surface area contributed by atoms with Crippen LogP contribution in [-0.4, -0.2) is 18.2 Å². The van der Waals surface area contributed by atoms with Crippen molar-refractivity contribution in [3.63, 3.8) is 0 Å². The fourth-order valence-electron chi connectivity index (χ4n) is 1.20. The van der Waals surface area contributed by atoms with Crippen molar-refractivity contribution < 1.29 is 31.3 Å². The summed E-state index contributed by atoms with van der Waals surface area (Å²) in [6, 6.07) is 1.19. The third-order valence-electron chi connectivity index (χ3n) is 1.88. The van der Waals surface area contributed by atoms with Gasteiger partial charge in [-0.1, -0.05) is 11.6 Å². The van der Waals surface area contributed by atoms with Crippen LogP contribution in [0.2, 0.25) is 5.15 Å². The summed E-state index contributed by atoms with van der Waals surface area (Å²) in [7, 11) is -4.02. The summed E-state index contributed by atoms with van der Waals surface area (Å²) < 4.78 is 64.2. The highest BCUT2D eigenvalue weighted by Gasteiger charge is 2.34. The van der Waals surface area contributed by atoms with Gasteiger partial charge in [-0.05, 0) is 19.9 Å². The fraction of sp³-hybridized carbons (Fsp3) is 0.500. The number of phosphoric ester groups is 1. The van der Waals surface area contributed by atoms with Crippen LogP contribution in [0.25, 0.3) is 0 Å². The molecule has 0 aliphatic heterocycles. The number of rotatable bonds is 6. The predicted octanol–water partition coefficient (Wildman–Crippen LogP) is 4.31. The van der Waals surface area contributed by atoms with E-state index in [1.54, 1.807) is 0 Å². The van der Waals surface area contributed by atoms with Crippen LogP contribution in [0, 0.1) is 0 Å². The number of hydrogen-bond donors (Lipinski definition) is 0. The summed E-state index contributed by atoms with van der Waals surface area (Å²) in [5, 5.41) is -0.450. The first kappa shape index (κ1) is 17.2. The van der Waals surface area contributed by atoms with E-state index in [-0.39, 0.29) is 13.2 Å². The van der Waals surface area contributed by atoms with Crippen molar-refractivity contribution >= 4 is 19.4 Å². The van der Waals surface area contributed by atoms with E-state index in [1.165, 1.54) is 13.8 Å². The molecule has 20 heavy (non-hydrogen) atoms. The van der Waals surface area contributed by atoms with Gasteiger partial charge in [-0.3, -0.25) is 9.05 Å². The van der Waals surface area contributed by atoms with Crippen LogP contribution in [-0.2, 0) is 19.8 Å². The SMILES string of the molecule is CCOP(=O)(OCC)Oc1cc(C(F)(F)F)cc(Cl)n1. The molecule has 0 aliphatic rings. The molecule has 0 radical (unpaired) electrons. The largest absolute Gasteiger partial charge is 0.531 e. The number of nitrogens with zero attached hydrogens (tertiary/aromatic N) is 1. The molecule has 0 saturated carbocycles. The zero-order chi connectivity index (χ0) is 15.4. The smallest absolute Gasteiger partial charge is 0.385 e. The summed E-state index contributed by atoms with van der Waals surface area (Å²) in [5.74, 6) is -0.588. The third-order valence-corrected chi connectivity index (χ3v) is 3.63. The summed E-state index contributed by atoms with van der Waals surface area (Å²) in [6.45, 7) is 3.04. The Bertz CT molecular complexity index is 502. The predicted molar refractivity (Wildman–Crippen MR) is 65.7 cm³/mol. The lowest BCUT2D eigenvalue weighted by Gasteiger charge is -2.17. The number of pyridine rings is 1. The molecule has 0 N–H and O–H groups in total. The minimum absolute atomic E-state index is 0.00995. The lowest BCUT2D eigenvalue weighted by atomic mass is 10.2. The molecule has 5 nitrogen and oxygen atoms in total. The van der Waals surface area contributed by atoms with E-state index >= 15 is 0 Å². The number of phosphoric acid groups is 1. The molecule has 1 heterocycles. The summed E-state index contributed by atoms with van der Waals surface area (Å²) in [4.78, 5) is 3.51. The first-order valence-electron chi connectivity index (χ1n) is 5.53. The van der Waals surface area contributed by atoms with Crippen LogP contribution in [0.15, 0.2) is 12.1 Å². The minimum atomic E-state index is -4.63. The number of alkyl halides is 3. The monoisotopic (exact) mass is 333 g/mol. The summed E-state index contributed by atoms with van der Waals surface area (Å²) >= 11 is 5.48. The van der Waals surface area contributed by atoms with Gasteiger partial charge in [-0.2, -0.15) is 13.2 Å². The zero-order valence-corrected chi connectivity index (χ0v) is 12.3. The zero-order valence-electron chi connectivity index (χ0n) is 10.6. The van der Waals surface area contributed by atoms with Crippen molar-refractivity contribution in [2.75, 3.05) is 13.2 Å². The molecule has 0 saturated heterocycles. The quantitative estimate of drug-likeness (QED) is 0.573. The Hall–Kier alpha value is -0.820. The van der Waals surface area contributed by atoms with Crippen LogP contribution in [0.5, 0.6) is 5.88 Å². The van der Waals surface area contributed by atoms with Gasteiger partial charge >= 0.3 is 14.0 Å². The topological polar surface area (TPSA) is 57.7 Å². The molecule has 0 fully saturated rings. The van der Waals surface area contributed by atoms with Gasteiger partial charge in [0.1, 0.15) is 5.15 Å².